The van der Waals surface area contributed by atoms with Crippen molar-refractivity contribution in [2.24, 2.45) is 0 Å². The molecule has 8 nitrogen and oxygen atoms in total. The number of carbonyl (C=O) groups excluding carboxylic acids is 3. The molecule has 0 saturated carbocycles. The normalized spacial score (nSPS) is 13.7. The fraction of sp³-hybridized carbons (Fsp3) is 0.333. The van der Waals surface area contributed by atoms with E-state index >= 15 is 0 Å². The quantitative estimate of drug-likeness (QED) is 0.450. The number of nitrogens with zero attached hydrogens (tertiary/aromatic N) is 3. The molecule has 1 aliphatic heterocycles. The average Bonchev–Trinajstić information content (AvgIpc) is 3.30. The van der Waals surface area contributed by atoms with E-state index in [1.54, 1.807) is 72.1 Å². The maximum atomic E-state index is 13.3. The summed E-state index contributed by atoms with van der Waals surface area (Å²) in [7, 11) is 0. The molecule has 0 bridgehead atoms. The van der Waals surface area contributed by atoms with Crippen molar-refractivity contribution in [1.29, 1.82) is 0 Å². The van der Waals surface area contributed by atoms with Gasteiger partial charge in [0.2, 0.25) is 0 Å². The van der Waals surface area contributed by atoms with Gasteiger partial charge in [0.25, 0.3) is 5.91 Å². The van der Waals surface area contributed by atoms with Crippen molar-refractivity contribution in [3.05, 3.63) is 59.9 Å². The van der Waals surface area contributed by atoms with E-state index in [0.717, 1.165) is 10.3 Å². The van der Waals surface area contributed by atoms with Gasteiger partial charge in [-0.05, 0) is 70.4 Å². The number of fused-ring (bicyclic) bond motifs is 2. The second-order valence-electron chi connectivity index (χ2n) is 10.4. The van der Waals surface area contributed by atoms with Crippen LogP contribution in [-0.2, 0) is 16.0 Å². The van der Waals surface area contributed by atoms with Gasteiger partial charge >= 0.3 is 12.2 Å². The molecule has 4 rings (SSSR count). The predicted octanol–water partition coefficient (Wildman–Crippen LogP) is 6.02. The SMILES string of the molecule is C=Cc1ccc(-c2cn(C(=O)OC(C)(C)C)c3ncccc23)c2c1C(=O)N(C(=O)OC(C)(C)C)C2. The Morgan fingerprint density at radius 1 is 1.00 bits per heavy atom. The molecular weight excluding hydrogens is 446 g/mol. The first-order chi connectivity index (χ1) is 16.3. The molecule has 0 unspecified atom stereocenters. The van der Waals surface area contributed by atoms with Gasteiger partial charge in [-0.1, -0.05) is 24.8 Å². The van der Waals surface area contributed by atoms with Gasteiger partial charge in [-0.15, -0.1) is 0 Å². The first kappa shape index (κ1) is 24.2. The maximum absolute atomic E-state index is 13.3. The van der Waals surface area contributed by atoms with Gasteiger partial charge in [0.05, 0.1) is 12.1 Å². The minimum atomic E-state index is -0.747. The van der Waals surface area contributed by atoms with E-state index < -0.39 is 29.3 Å². The highest BCUT2D eigenvalue weighted by Gasteiger charge is 2.38. The van der Waals surface area contributed by atoms with E-state index in [-0.39, 0.29) is 6.54 Å². The van der Waals surface area contributed by atoms with Crippen molar-refractivity contribution >= 4 is 35.2 Å². The largest absolute Gasteiger partial charge is 0.443 e. The Kier molecular flexibility index (Phi) is 5.79. The van der Waals surface area contributed by atoms with Crippen LogP contribution in [0, 0.1) is 0 Å². The van der Waals surface area contributed by atoms with E-state index in [1.807, 2.05) is 12.1 Å². The van der Waals surface area contributed by atoms with Crippen LogP contribution < -0.4 is 0 Å². The van der Waals surface area contributed by atoms with Crippen molar-refractivity contribution in [2.45, 2.75) is 59.3 Å². The van der Waals surface area contributed by atoms with Gasteiger partial charge in [-0.25, -0.2) is 24.0 Å². The summed E-state index contributed by atoms with van der Waals surface area (Å²) in [5.41, 5.74) is 2.09. The predicted molar refractivity (Wildman–Crippen MR) is 133 cm³/mol. The number of pyridine rings is 1. The zero-order chi connectivity index (χ0) is 25.7. The number of ether oxygens (including phenoxy) is 2. The molecule has 0 atom stereocenters. The number of aromatic nitrogens is 2. The van der Waals surface area contributed by atoms with E-state index in [2.05, 4.69) is 11.6 Å². The summed E-state index contributed by atoms with van der Waals surface area (Å²) < 4.78 is 12.4. The van der Waals surface area contributed by atoms with Crippen LogP contribution in [-0.4, -0.2) is 43.7 Å². The lowest BCUT2D eigenvalue weighted by atomic mass is 9.93. The summed E-state index contributed by atoms with van der Waals surface area (Å²) in [5, 5.41) is 0.718. The number of hydrogen-bond donors (Lipinski definition) is 0. The second kappa shape index (κ2) is 8.37. The molecule has 1 aromatic carbocycles. The Morgan fingerprint density at radius 3 is 2.29 bits per heavy atom. The molecular formula is C27H29N3O5. The van der Waals surface area contributed by atoms with Crippen LogP contribution in [0.5, 0.6) is 0 Å². The molecule has 0 saturated heterocycles. The zero-order valence-corrected chi connectivity index (χ0v) is 20.8. The smallest absolute Gasteiger partial charge is 0.420 e. The summed E-state index contributed by atoms with van der Waals surface area (Å²) >= 11 is 0. The molecule has 8 heteroatoms. The molecule has 0 aliphatic carbocycles. The van der Waals surface area contributed by atoms with Crippen molar-refractivity contribution < 1.29 is 23.9 Å². The monoisotopic (exact) mass is 475 g/mol. The van der Waals surface area contributed by atoms with Crippen molar-refractivity contribution in [2.75, 3.05) is 0 Å². The summed E-state index contributed by atoms with van der Waals surface area (Å²) in [5.74, 6) is -0.444. The molecule has 2 amide bonds. The topological polar surface area (TPSA) is 90.7 Å². The highest BCUT2D eigenvalue weighted by molar-refractivity contribution is 6.11. The third-order valence-corrected chi connectivity index (χ3v) is 5.40. The Labute approximate surface area is 204 Å². The number of amides is 2. The molecule has 0 spiro atoms. The summed E-state index contributed by atoms with van der Waals surface area (Å²) in [6.07, 6.45) is 3.59. The highest BCUT2D eigenvalue weighted by Crippen LogP contribution is 2.39. The molecule has 3 aromatic rings. The van der Waals surface area contributed by atoms with E-state index in [9.17, 15) is 14.4 Å². The molecule has 0 fully saturated rings. The van der Waals surface area contributed by atoms with E-state index in [1.165, 1.54) is 4.57 Å². The molecule has 0 radical (unpaired) electrons. The molecule has 182 valence electrons. The Balaban J connectivity index is 1.86. The zero-order valence-electron chi connectivity index (χ0n) is 20.8. The van der Waals surface area contributed by atoms with Gasteiger partial charge in [-0.3, -0.25) is 4.79 Å². The van der Waals surface area contributed by atoms with Crippen molar-refractivity contribution in [3.8, 4) is 11.1 Å². The third-order valence-electron chi connectivity index (χ3n) is 5.40. The van der Waals surface area contributed by atoms with Crippen LogP contribution in [0.25, 0.3) is 28.2 Å². The van der Waals surface area contributed by atoms with Gasteiger partial charge < -0.3 is 9.47 Å². The highest BCUT2D eigenvalue weighted by atomic mass is 16.6. The van der Waals surface area contributed by atoms with E-state index in [0.29, 0.717) is 33.5 Å². The lowest BCUT2D eigenvalue weighted by molar-refractivity contribution is 0.0247. The minimum Gasteiger partial charge on any atom is -0.443 e. The third kappa shape index (κ3) is 4.56. The Hall–Kier alpha value is -3.94. The number of carbonyl (C=O) groups is 3. The summed E-state index contributed by atoms with van der Waals surface area (Å²) in [4.78, 5) is 44.6. The number of benzene rings is 1. The summed E-state index contributed by atoms with van der Waals surface area (Å²) in [6, 6.07) is 7.28. The lowest BCUT2D eigenvalue weighted by Gasteiger charge is -2.23. The van der Waals surface area contributed by atoms with Gasteiger partial charge in [0.1, 0.15) is 16.8 Å². The average molecular weight is 476 g/mol. The van der Waals surface area contributed by atoms with Crippen LogP contribution >= 0.6 is 0 Å². The van der Waals surface area contributed by atoms with Crippen LogP contribution in [0.15, 0.2) is 43.2 Å². The fourth-order valence-corrected chi connectivity index (χ4v) is 4.06. The number of hydrogen-bond acceptors (Lipinski definition) is 6. The lowest BCUT2D eigenvalue weighted by Crippen LogP contribution is -2.37. The standard InChI is InChI=1S/C27H29N3O5/c1-8-16-11-12-17(20-15-30(23(31)21(16)20)25(33)35-27(5,6)7)19-14-29(24(32)34-26(2,3)4)22-18(19)10-9-13-28-22/h8-14H,1,15H2,2-7H3. The van der Waals surface area contributed by atoms with E-state index in [4.69, 9.17) is 9.47 Å². The minimum absolute atomic E-state index is 0.0411. The van der Waals surface area contributed by atoms with Crippen LogP contribution in [0.1, 0.15) is 63.0 Å². The Bertz CT molecular complexity index is 1370. The molecule has 35 heavy (non-hydrogen) atoms. The summed E-state index contributed by atoms with van der Waals surface area (Å²) in [6.45, 7) is 14.5. The number of imide groups is 1. The molecule has 1 aliphatic rings. The van der Waals surface area contributed by atoms with Gasteiger partial charge in [0, 0.05) is 23.3 Å². The van der Waals surface area contributed by atoms with Crippen molar-refractivity contribution in [3.63, 3.8) is 0 Å². The maximum Gasteiger partial charge on any atom is 0.420 e. The van der Waals surface area contributed by atoms with Gasteiger partial charge in [0.15, 0.2) is 0 Å². The molecule has 2 aromatic heterocycles. The second-order valence-corrected chi connectivity index (χ2v) is 10.4. The fourth-order valence-electron chi connectivity index (χ4n) is 4.06. The van der Waals surface area contributed by atoms with Crippen molar-refractivity contribution in [1.82, 2.24) is 14.5 Å². The number of rotatable bonds is 2. The first-order valence-corrected chi connectivity index (χ1v) is 11.3. The molecule has 0 N–H and O–H groups in total. The Morgan fingerprint density at radius 2 is 1.66 bits per heavy atom. The van der Waals surface area contributed by atoms with Crippen LogP contribution in [0.3, 0.4) is 0 Å². The molecule has 3 heterocycles. The van der Waals surface area contributed by atoms with Crippen LogP contribution in [0.4, 0.5) is 9.59 Å². The first-order valence-electron chi connectivity index (χ1n) is 11.3. The van der Waals surface area contributed by atoms with Crippen LogP contribution in [0.2, 0.25) is 0 Å². The van der Waals surface area contributed by atoms with Gasteiger partial charge in [-0.2, -0.15) is 0 Å².